The fourth-order valence-corrected chi connectivity index (χ4v) is 2.54. The third-order valence-corrected chi connectivity index (χ3v) is 3.55. The molecular formula is C12H14N4O3. The van der Waals surface area contributed by atoms with Crippen molar-refractivity contribution in [1.29, 1.82) is 0 Å². The monoisotopic (exact) mass is 262 g/mol. The Morgan fingerprint density at radius 2 is 2.32 bits per heavy atom. The van der Waals surface area contributed by atoms with Gasteiger partial charge in [-0.15, -0.1) is 0 Å². The number of aromatic nitrogens is 1. The number of piperazine rings is 1. The van der Waals surface area contributed by atoms with E-state index in [1.54, 1.807) is 6.07 Å². The molecule has 2 amide bonds. The number of carbonyl (C=O) groups excluding carboxylic acids is 1. The van der Waals surface area contributed by atoms with Gasteiger partial charge in [0.05, 0.1) is 11.6 Å². The highest BCUT2D eigenvalue weighted by atomic mass is 16.4. The van der Waals surface area contributed by atoms with Gasteiger partial charge in [0.1, 0.15) is 5.82 Å². The largest absolute Gasteiger partial charge is 0.478 e. The smallest absolute Gasteiger partial charge is 0.335 e. The molecule has 2 aliphatic heterocycles. The number of aromatic carboxylic acids is 1. The molecule has 1 atom stereocenters. The third kappa shape index (κ3) is 2.07. The van der Waals surface area contributed by atoms with Gasteiger partial charge in [-0.1, -0.05) is 0 Å². The molecule has 1 aromatic rings. The Kier molecular flexibility index (Phi) is 2.73. The molecular weight excluding hydrogens is 248 g/mol. The van der Waals surface area contributed by atoms with Gasteiger partial charge in [0.15, 0.2) is 0 Å². The lowest BCUT2D eigenvalue weighted by Gasteiger charge is -2.37. The summed E-state index contributed by atoms with van der Waals surface area (Å²) in [6, 6.07) is 3.17. The molecule has 0 saturated carbocycles. The molecule has 100 valence electrons. The zero-order valence-corrected chi connectivity index (χ0v) is 10.2. The first kappa shape index (κ1) is 11.8. The summed E-state index contributed by atoms with van der Waals surface area (Å²) in [5.74, 6) is -0.307. The van der Waals surface area contributed by atoms with Crippen LogP contribution in [0.3, 0.4) is 0 Å². The molecule has 0 aliphatic carbocycles. The van der Waals surface area contributed by atoms with Gasteiger partial charge in [-0.3, -0.25) is 0 Å². The molecule has 0 spiro atoms. The number of carboxylic acids is 1. The second-order valence-corrected chi connectivity index (χ2v) is 4.69. The number of anilines is 1. The van der Waals surface area contributed by atoms with E-state index in [2.05, 4.69) is 10.3 Å². The van der Waals surface area contributed by atoms with Gasteiger partial charge >= 0.3 is 12.0 Å². The number of hydrogen-bond donors (Lipinski definition) is 2. The summed E-state index contributed by atoms with van der Waals surface area (Å²) in [5, 5.41) is 11.8. The van der Waals surface area contributed by atoms with Crippen molar-refractivity contribution >= 4 is 17.8 Å². The number of hydrogen-bond acceptors (Lipinski definition) is 4. The van der Waals surface area contributed by atoms with Crippen molar-refractivity contribution < 1.29 is 14.7 Å². The number of carboxylic acid groups (broad SMARTS) is 1. The minimum atomic E-state index is -0.958. The van der Waals surface area contributed by atoms with Gasteiger partial charge in [0, 0.05) is 32.4 Å². The van der Waals surface area contributed by atoms with Crippen LogP contribution < -0.4 is 10.2 Å². The summed E-state index contributed by atoms with van der Waals surface area (Å²) in [4.78, 5) is 30.5. The Morgan fingerprint density at radius 1 is 1.47 bits per heavy atom. The molecule has 0 aromatic carbocycles. The Hall–Kier alpha value is -2.31. The first-order valence-corrected chi connectivity index (χ1v) is 6.14. The maximum Gasteiger partial charge on any atom is 0.335 e. The molecule has 0 bridgehead atoms. The van der Waals surface area contributed by atoms with Gasteiger partial charge in [-0.2, -0.15) is 0 Å². The van der Waals surface area contributed by atoms with Crippen molar-refractivity contribution in [3.8, 4) is 0 Å². The third-order valence-electron chi connectivity index (χ3n) is 3.55. The maximum atomic E-state index is 11.5. The Morgan fingerprint density at radius 3 is 3.11 bits per heavy atom. The number of urea groups is 1. The van der Waals surface area contributed by atoms with Gasteiger partial charge < -0.3 is 20.2 Å². The number of pyridine rings is 1. The molecule has 0 radical (unpaired) electrons. The quantitative estimate of drug-likeness (QED) is 0.783. The molecule has 3 rings (SSSR count). The summed E-state index contributed by atoms with van der Waals surface area (Å²) >= 11 is 0. The van der Waals surface area contributed by atoms with Crippen LogP contribution in [0.4, 0.5) is 10.6 Å². The first-order chi connectivity index (χ1) is 9.15. The zero-order chi connectivity index (χ0) is 13.4. The Balaban J connectivity index is 1.78. The van der Waals surface area contributed by atoms with Crippen molar-refractivity contribution in [2.45, 2.75) is 6.04 Å². The molecule has 3 heterocycles. The molecule has 7 nitrogen and oxygen atoms in total. The van der Waals surface area contributed by atoms with E-state index in [4.69, 9.17) is 5.11 Å². The molecule has 1 unspecified atom stereocenters. The maximum absolute atomic E-state index is 11.5. The van der Waals surface area contributed by atoms with Crippen LogP contribution in [0.2, 0.25) is 0 Å². The number of amides is 2. The van der Waals surface area contributed by atoms with E-state index < -0.39 is 5.97 Å². The minimum absolute atomic E-state index is 0.0168. The minimum Gasteiger partial charge on any atom is -0.478 e. The predicted octanol–water partition coefficient (Wildman–Crippen LogP) is -0.00640. The van der Waals surface area contributed by atoms with Crippen LogP contribution in [-0.4, -0.2) is 59.2 Å². The molecule has 2 saturated heterocycles. The van der Waals surface area contributed by atoms with Crippen LogP contribution in [-0.2, 0) is 0 Å². The zero-order valence-electron chi connectivity index (χ0n) is 10.2. The lowest BCUT2D eigenvalue weighted by Crippen LogP contribution is -2.52. The SMILES string of the molecule is O=C(O)c1ccnc(N2CCN3C(=O)NCC3C2)c1. The number of nitrogens with one attached hydrogen (secondary N) is 1. The number of nitrogens with zero attached hydrogens (tertiary/aromatic N) is 3. The molecule has 2 N–H and O–H groups in total. The van der Waals surface area contributed by atoms with Gasteiger partial charge in [-0.05, 0) is 12.1 Å². The summed E-state index contributed by atoms with van der Waals surface area (Å²) < 4.78 is 0. The average Bonchev–Trinajstić information content (AvgIpc) is 2.80. The van der Waals surface area contributed by atoms with Crippen LogP contribution in [0.25, 0.3) is 0 Å². The highest BCUT2D eigenvalue weighted by molar-refractivity contribution is 5.88. The summed E-state index contributed by atoms with van der Waals surface area (Å²) in [6.45, 7) is 2.61. The van der Waals surface area contributed by atoms with E-state index in [1.807, 2.05) is 9.80 Å². The van der Waals surface area contributed by atoms with E-state index in [1.165, 1.54) is 12.3 Å². The second kappa shape index (κ2) is 4.42. The van der Waals surface area contributed by atoms with Crippen molar-refractivity contribution in [3.05, 3.63) is 23.9 Å². The average molecular weight is 262 g/mol. The van der Waals surface area contributed by atoms with Crippen LogP contribution in [0.1, 0.15) is 10.4 Å². The summed E-state index contributed by atoms with van der Waals surface area (Å²) in [7, 11) is 0. The van der Waals surface area contributed by atoms with Gasteiger partial charge in [-0.25, -0.2) is 14.6 Å². The predicted molar refractivity (Wildman–Crippen MR) is 67.3 cm³/mol. The van der Waals surface area contributed by atoms with Crippen LogP contribution in [0, 0.1) is 0 Å². The van der Waals surface area contributed by atoms with E-state index in [-0.39, 0.29) is 17.6 Å². The highest BCUT2D eigenvalue weighted by Crippen LogP contribution is 2.20. The van der Waals surface area contributed by atoms with E-state index in [0.29, 0.717) is 32.0 Å². The fraction of sp³-hybridized carbons (Fsp3) is 0.417. The molecule has 19 heavy (non-hydrogen) atoms. The van der Waals surface area contributed by atoms with Crippen molar-refractivity contribution in [2.24, 2.45) is 0 Å². The summed E-state index contributed by atoms with van der Waals surface area (Å²) in [6.07, 6.45) is 1.50. The Bertz CT molecular complexity index is 533. The summed E-state index contributed by atoms with van der Waals surface area (Å²) in [5.41, 5.74) is 0.230. The first-order valence-electron chi connectivity index (χ1n) is 6.14. The van der Waals surface area contributed by atoms with Gasteiger partial charge in [0.2, 0.25) is 0 Å². The fourth-order valence-electron chi connectivity index (χ4n) is 2.54. The molecule has 2 aliphatic rings. The van der Waals surface area contributed by atoms with Crippen molar-refractivity contribution in [1.82, 2.24) is 15.2 Å². The number of carbonyl (C=O) groups is 2. The molecule has 1 aromatic heterocycles. The van der Waals surface area contributed by atoms with Crippen molar-refractivity contribution in [3.63, 3.8) is 0 Å². The van der Waals surface area contributed by atoms with Crippen LogP contribution >= 0.6 is 0 Å². The van der Waals surface area contributed by atoms with E-state index in [0.717, 1.165) is 0 Å². The number of rotatable bonds is 2. The standard InChI is InChI=1S/C12H14N4O3/c17-11(18)8-1-2-13-10(5-8)15-3-4-16-9(7-15)6-14-12(16)19/h1-2,5,9H,3-4,6-7H2,(H,14,19)(H,17,18). The van der Waals surface area contributed by atoms with E-state index >= 15 is 0 Å². The van der Waals surface area contributed by atoms with Crippen LogP contribution in [0.15, 0.2) is 18.3 Å². The van der Waals surface area contributed by atoms with E-state index in [9.17, 15) is 9.59 Å². The molecule has 7 heteroatoms. The molecule has 2 fully saturated rings. The Labute approximate surface area is 109 Å². The lowest BCUT2D eigenvalue weighted by atomic mass is 10.2. The highest BCUT2D eigenvalue weighted by Gasteiger charge is 2.35. The lowest BCUT2D eigenvalue weighted by molar-refractivity contribution is 0.0696. The van der Waals surface area contributed by atoms with Crippen molar-refractivity contribution in [2.75, 3.05) is 31.1 Å². The normalized spacial score (nSPS) is 22.1. The van der Waals surface area contributed by atoms with Gasteiger partial charge in [0.25, 0.3) is 0 Å². The second-order valence-electron chi connectivity index (χ2n) is 4.69. The topological polar surface area (TPSA) is 85.8 Å². The number of fused-ring (bicyclic) bond motifs is 1. The van der Waals surface area contributed by atoms with Crippen LogP contribution in [0.5, 0.6) is 0 Å².